The van der Waals surface area contributed by atoms with E-state index >= 15 is 0 Å². The summed E-state index contributed by atoms with van der Waals surface area (Å²) in [4.78, 5) is 5.29. The maximum atomic E-state index is 14.3. The normalized spacial score (nSPS) is 11.5. The molecule has 0 radical (unpaired) electrons. The monoisotopic (exact) mass is 647 g/mol. The summed E-state index contributed by atoms with van der Waals surface area (Å²) in [5.41, 5.74) is 4.27. The van der Waals surface area contributed by atoms with Crippen LogP contribution in [0.4, 0.5) is 4.39 Å². The van der Waals surface area contributed by atoms with Crippen LogP contribution in [0.1, 0.15) is 11.1 Å². The number of fused-ring (bicyclic) bond motifs is 2. The van der Waals surface area contributed by atoms with E-state index in [-0.39, 0.29) is 22.7 Å². The molecular weight excluding hydrogens is 636 g/mol. The number of halogens is 5. The fourth-order valence-corrected chi connectivity index (χ4v) is 5.79. The zero-order chi connectivity index (χ0) is 26.6. The van der Waals surface area contributed by atoms with E-state index in [1.165, 1.54) is 23.5 Å². The van der Waals surface area contributed by atoms with E-state index in [9.17, 15) is 4.39 Å². The number of aryl methyl sites for hydroxylation is 1. The standard InChI is InChI=1S/C26H14BrCl3FN5OS/c1-12-6-13(2-4-18(12)28)11-37-25-33-34-26-36(25)35-24(38-26)16-9-23(17-8-21(31)20(30)10-19(17)29)32-22-5-3-14(27)7-15(16)22/h2-10H,11H2,1H3. The van der Waals surface area contributed by atoms with E-state index in [1.807, 2.05) is 49.4 Å². The second kappa shape index (κ2) is 10.1. The third-order valence-electron chi connectivity index (χ3n) is 5.84. The molecule has 3 aromatic heterocycles. The number of hydrogen-bond acceptors (Lipinski definition) is 6. The van der Waals surface area contributed by atoms with Gasteiger partial charge in [0.25, 0.3) is 0 Å². The Labute approximate surface area is 243 Å². The Hall–Kier alpha value is -2.82. The summed E-state index contributed by atoms with van der Waals surface area (Å²) >= 11 is 23.3. The second-order valence-corrected chi connectivity index (χ2v) is 11.5. The van der Waals surface area contributed by atoms with Crippen LogP contribution in [-0.2, 0) is 6.61 Å². The van der Waals surface area contributed by atoms with E-state index in [0.717, 1.165) is 26.5 Å². The lowest BCUT2D eigenvalue weighted by molar-refractivity contribution is 0.274. The van der Waals surface area contributed by atoms with Crippen molar-refractivity contribution in [2.75, 3.05) is 0 Å². The number of rotatable bonds is 5. The molecule has 3 heterocycles. The van der Waals surface area contributed by atoms with Crippen molar-refractivity contribution in [3.63, 3.8) is 0 Å². The van der Waals surface area contributed by atoms with Crippen LogP contribution in [0.15, 0.2) is 59.1 Å². The molecule has 0 fully saturated rings. The highest BCUT2D eigenvalue weighted by Gasteiger charge is 2.19. The van der Waals surface area contributed by atoms with E-state index < -0.39 is 5.82 Å². The van der Waals surface area contributed by atoms with Crippen LogP contribution in [0.5, 0.6) is 6.01 Å². The molecule has 6 aromatic rings. The molecule has 38 heavy (non-hydrogen) atoms. The van der Waals surface area contributed by atoms with Crippen LogP contribution >= 0.6 is 62.1 Å². The zero-order valence-electron chi connectivity index (χ0n) is 19.3. The molecule has 0 atom stereocenters. The molecule has 6 rings (SSSR count). The van der Waals surface area contributed by atoms with Crippen molar-refractivity contribution < 1.29 is 9.13 Å². The number of pyridine rings is 1. The summed E-state index contributed by atoms with van der Waals surface area (Å²) in [5, 5.41) is 15.5. The van der Waals surface area contributed by atoms with Gasteiger partial charge < -0.3 is 4.74 Å². The molecule has 190 valence electrons. The summed E-state index contributed by atoms with van der Waals surface area (Å²) < 4.78 is 22.7. The topological polar surface area (TPSA) is 65.2 Å². The third-order valence-corrected chi connectivity index (χ3v) is 8.29. The van der Waals surface area contributed by atoms with Crippen LogP contribution < -0.4 is 4.74 Å². The molecule has 3 aromatic carbocycles. The van der Waals surface area contributed by atoms with E-state index in [2.05, 4.69) is 26.1 Å². The molecule has 0 spiro atoms. The van der Waals surface area contributed by atoms with Crippen molar-refractivity contribution in [1.29, 1.82) is 0 Å². The maximum absolute atomic E-state index is 14.3. The van der Waals surface area contributed by atoms with E-state index in [0.29, 0.717) is 31.8 Å². The van der Waals surface area contributed by atoms with Gasteiger partial charge in [0.1, 0.15) is 17.4 Å². The quantitative estimate of drug-likeness (QED) is 0.175. The van der Waals surface area contributed by atoms with Crippen LogP contribution in [-0.4, -0.2) is 24.8 Å². The van der Waals surface area contributed by atoms with Gasteiger partial charge in [0.2, 0.25) is 4.96 Å². The highest BCUT2D eigenvalue weighted by molar-refractivity contribution is 9.10. The molecule has 0 saturated carbocycles. The number of hydrogen-bond donors (Lipinski definition) is 0. The molecular formula is C26H14BrCl3FN5OS. The van der Waals surface area contributed by atoms with Crippen molar-refractivity contribution in [3.8, 4) is 27.8 Å². The lowest BCUT2D eigenvalue weighted by Crippen LogP contribution is -2.00. The molecule has 0 aliphatic rings. The maximum Gasteiger partial charge on any atom is 0.340 e. The molecule has 0 saturated heterocycles. The van der Waals surface area contributed by atoms with Gasteiger partial charge in [-0.2, -0.15) is 4.52 Å². The first-order valence-electron chi connectivity index (χ1n) is 11.1. The number of nitrogens with zero attached hydrogens (tertiary/aromatic N) is 5. The molecule has 12 heteroatoms. The summed E-state index contributed by atoms with van der Waals surface area (Å²) in [6, 6.07) is 16.1. The lowest BCUT2D eigenvalue weighted by Gasteiger charge is -2.10. The Morgan fingerprint density at radius 1 is 0.947 bits per heavy atom. The average Bonchev–Trinajstić information content (AvgIpc) is 3.47. The van der Waals surface area contributed by atoms with Crippen LogP contribution in [0.3, 0.4) is 0 Å². The second-order valence-electron chi connectivity index (χ2n) is 8.42. The SMILES string of the molecule is Cc1cc(COc2nnc3sc(-c4cc(-c5cc(F)c(Cl)cc5Cl)nc5ccc(Br)cc45)nn23)ccc1Cl. The van der Waals surface area contributed by atoms with Crippen LogP contribution in [0.2, 0.25) is 15.1 Å². The van der Waals surface area contributed by atoms with Gasteiger partial charge in [0.15, 0.2) is 0 Å². The molecule has 0 N–H and O–H groups in total. The molecule has 0 aliphatic heterocycles. The predicted molar refractivity (Wildman–Crippen MR) is 153 cm³/mol. The first-order chi connectivity index (χ1) is 18.3. The minimum Gasteiger partial charge on any atom is -0.457 e. The van der Waals surface area contributed by atoms with Crippen LogP contribution in [0.25, 0.3) is 37.7 Å². The van der Waals surface area contributed by atoms with Gasteiger partial charge in [-0.25, -0.2) is 9.37 Å². The first-order valence-corrected chi connectivity index (χ1v) is 13.9. The number of ether oxygens (including phenoxy) is 1. The van der Waals surface area contributed by atoms with Gasteiger partial charge >= 0.3 is 6.01 Å². The van der Waals surface area contributed by atoms with Crippen molar-refractivity contribution in [2.45, 2.75) is 13.5 Å². The Kier molecular flexibility index (Phi) is 6.74. The third kappa shape index (κ3) is 4.74. The van der Waals surface area contributed by atoms with E-state index in [1.54, 1.807) is 4.52 Å². The van der Waals surface area contributed by atoms with Gasteiger partial charge in [-0.15, -0.1) is 10.2 Å². The Bertz CT molecular complexity index is 1880. The molecule has 6 nitrogen and oxygen atoms in total. The summed E-state index contributed by atoms with van der Waals surface area (Å²) in [6.45, 7) is 2.21. The largest absolute Gasteiger partial charge is 0.457 e. The first kappa shape index (κ1) is 25.5. The van der Waals surface area contributed by atoms with Gasteiger partial charge in [0.05, 0.1) is 21.3 Å². The highest BCUT2D eigenvalue weighted by atomic mass is 79.9. The summed E-state index contributed by atoms with van der Waals surface area (Å²) in [5.74, 6) is -0.582. The van der Waals surface area contributed by atoms with Gasteiger partial charge in [0, 0.05) is 26.0 Å². The van der Waals surface area contributed by atoms with Gasteiger partial charge in [-0.1, -0.05) is 79.3 Å². The van der Waals surface area contributed by atoms with Crippen LogP contribution in [0, 0.1) is 12.7 Å². The Morgan fingerprint density at radius 2 is 1.79 bits per heavy atom. The predicted octanol–water partition coefficient (Wildman–Crippen LogP) is 8.82. The zero-order valence-corrected chi connectivity index (χ0v) is 24.0. The highest BCUT2D eigenvalue weighted by Crippen LogP contribution is 2.38. The Balaban J connectivity index is 1.44. The van der Waals surface area contributed by atoms with E-state index in [4.69, 9.17) is 49.6 Å². The van der Waals surface area contributed by atoms with Gasteiger partial charge in [-0.05, 0) is 60.5 Å². The molecule has 0 unspecified atom stereocenters. The summed E-state index contributed by atoms with van der Waals surface area (Å²) in [6.07, 6.45) is 0. The van der Waals surface area contributed by atoms with Crippen molar-refractivity contribution >= 4 is 77.9 Å². The molecule has 0 amide bonds. The van der Waals surface area contributed by atoms with Crippen molar-refractivity contribution in [2.24, 2.45) is 0 Å². The summed E-state index contributed by atoms with van der Waals surface area (Å²) in [7, 11) is 0. The fourth-order valence-electron chi connectivity index (χ4n) is 3.97. The molecule has 0 aliphatic carbocycles. The van der Waals surface area contributed by atoms with Crippen molar-refractivity contribution in [1.82, 2.24) is 24.8 Å². The Morgan fingerprint density at radius 3 is 2.61 bits per heavy atom. The average molecular weight is 650 g/mol. The minimum atomic E-state index is -0.582. The fraction of sp³-hybridized carbons (Fsp3) is 0.0769. The minimum absolute atomic E-state index is 0.0568. The van der Waals surface area contributed by atoms with Crippen molar-refractivity contribution in [3.05, 3.63) is 91.1 Å². The van der Waals surface area contributed by atoms with Gasteiger partial charge in [-0.3, -0.25) is 0 Å². The molecule has 0 bridgehead atoms. The lowest BCUT2D eigenvalue weighted by atomic mass is 10.0. The number of aromatic nitrogens is 5. The number of benzene rings is 3. The smallest absolute Gasteiger partial charge is 0.340 e.